The molecule has 3 aromatic rings. The van der Waals surface area contributed by atoms with E-state index in [0.717, 1.165) is 11.3 Å². The van der Waals surface area contributed by atoms with Gasteiger partial charge in [0, 0.05) is 25.7 Å². The number of ether oxygens (including phenoxy) is 1. The largest absolute Gasteiger partial charge is 0.497 e. The molecule has 2 aromatic carbocycles. The first kappa shape index (κ1) is 17.5. The number of hydrogen-bond acceptors (Lipinski definition) is 5. The minimum absolute atomic E-state index is 0.103. The predicted octanol–water partition coefficient (Wildman–Crippen LogP) is 2.82. The molecule has 1 aromatic heterocycles. The second kappa shape index (κ2) is 6.39. The lowest BCUT2D eigenvalue weighted by Gasteiger charge is -2.21. The lowest BCUT2D eigenvalue weighted by atomic mass is 10.0. The van der Waals surface area contributed by atoms with Gasteiger partial charge in [0.25, 0.3) is 5.56 Å². The second-order valence-electron chi connectivity index (χ2n) is 7.19. The highest BCUT2D eigenvalue weighted by atomic mass is 16.5. The molecule has 4 rings (SSSR count). The van der Waals surface area contributed by atoms with E-state index in [1.54, 1.807) is 25.6 Å². The van der Waals surface area contributed by atoms with Crippen molar-refractivity contribution in [2.24, 2.45) is 7.05 Å². The number of rotatable bonds is 3. The van der Waals surface area contributed by atoms with Crippen LogP contribution in [0.1, 0.15) is 35.3 Å². The van der Waals surface area contributed by atoms with E-state index in [2.05, 4.69) is 11.0 Å². The van der Waals surface area contributed by atoms with Gasteiger partial charge in [0.15, 0.2) is 0 Å². The molecule has 1 N–H and O–H groups in total. The van der Waals surface area contributed by atoms with E-state index >= 15 is 0 Å². The zero-order chi connectivity index (χ0) is 19.3. The van der Waals surface area contributed by atoms with Crippen molar-refractivity contribution in [1.82, 2.24) is 9.55 Å². The number of aliphatic hydroxyl groups is 1. The monoisotopic (exact) mass is 365 g/mol. The Bertz CT molecular complexity index is 1100. The van der Waals surface area contributed by atoms with Crippen molar-refractivity contribution in [2.75, 3.05) is 12.0 Å². The molecule has 1 aliphatic rings. The molecule has 140 valence electrons. The SMILES string of the molecule is COc1ccc2c(c1)CN(c1nc3c(C(C)O)cc(C)cc3c(=O)n1C)C2. The molecule has 0 fully saturated rings. The summed E-state index contributed by atoms with van der Waals surface area (Å²) in [5.41, 5.74) is 4.46. The Morgan fingerprint density at radius 3 is 2.63 bits per heavy atom. The van der Waals surface area contributed by atoms with Crippen LogP contribution in [-0.2, 0) is 20.1 Å². The zero-order valence-corrected chi connectivity index (χ0v) is 16.0. The molecule has 6 heteroatoms. The summed E-state index contributed by atoms with van der Waals surface area (Å²) in [5, 5.41) is 10.7. The molecule has 0 saturated heterocycles. The Kier molecular flexibility index (Phi) is 4.15. The van der Waals surface area contributed by atoms with Crippen LogP contribution >= 0.6 is 0 Å². The van der Waals surface area contributed by atoms with Crippen molar-refractivity contribution in [3.05, 3.63) is 62.9 Å². The molecule has 27 heavy (non-hydrogen) atoms. The number of benzene rings is 2. The molecular formula is C21H23N3O3. The van der Waals surface area contributed by atoms with Gasteiger partial charge in [-0.25, -0.2) is 4.98 Å². The minimum Gasteiger partial charge on any atom is -0.497 e. The molecule has 1 aliphatic heterocycles. The maximum Gasteiger partial charge on any atom is 0.262 e. The number of fused-ring (bicyclic) bond motifs is 2. The lowest BCUT2D eigenvalue weighted by molar-refractivity contribution is 0.200. The molecule has 6 nitrogen and oxygen atoms in total. The van der Waals surface area contributed by atoms with Crippen molar-refractivity contribution in [3.63, 3.8) is 0 Å². The lowest BCUT2D eigenvalue weighted by Crippen LogP contribution is -2.28. The number of nitrogens with zero attached hydrogens (tertiary/aromatic N) is 3. The summed E-state index contributed by atoms with van der Waals surface area (Å²) in [6.07, 6.45) is -0.695. The fourth-order valence-electron chi connectivity index (χ4n) is 3.78. The number of anilines is 1. The first-order chi connectivity index (χ1) is 12.9. The summed E-state index contributed by atoms with van der Waals surface area (Å²) in [4.78, 5) is 19.9. The highest BCUT2D eigenvalue weighted by Crippen LogP contribution is 2.31. The summed E-state index contributed by atoms with van der Waals surface area (Å²) in [5.74, 6) is 1.43. The third-order valence-electron chi connectivity index (χ3n) is 5.20. The number of hydrogen-bond donors (Lipinski definition) is 1. The Balaban J connectivity index is 1.86. The van der Waals surface area contributed by atoms with E-state index in [-0.39, 0.29) is 5.56 Å². The fourth-order valence-corrected chi connectivity index (χ4v) is 3.78. The molecule has 0 bridgehead atoms. The van der Waals surface area contributed by atoms with E-state index in [9.17, 15) is 9.90 Å². The quantitative estimate of drug-likeness (QED) is 0.773. The van der Waals surface area contributed by atoms with Gasteiger partial charge in [-0.1, -0.05) is 12.1 Å². The van der Waals surface area contributed by atoms with Gasteiger partial charge >= 0.3 is 0 Å². The molecule has 0 spiro atoms. The van der Waals surface area contributed by atoms with E-state index in [1.807, 2.05) is 31.2 Å². The van der Waals surface area contributed by atoms with Crippen molar-refractivity contribution in [2.45, 2.75) is 33.0 Å². The van der Waals surface area contributed by atoms with Crippen LogP contribution in [0.15, 0.2) is 35.1 Å². The fraction of sp³-hybridized carbons (Fsp3) is 0.333. The van der Waals surface area contributed by atoms with Crippen LogP contribution in [0.3, 0.4) is 0 Å². The Morgan fingerprint density at radius 2 is 1.93 bits per heavy atom. The Morgan fingerprint density at radius 1 is 1.19 bits per heavy atom. The van der Waals surface area contributed by atoms with Crippen molar-refractivity contribution in [1.29, 1.82) is 0 Å². The Hall–Kier alpha value is -2.86. The van der Waals surface area contributed by atoms with Crippen LogP contribution in [0.4, 0.5) is 5.95 Å². The van der Waals surface area contributed by atoms with Gasteiger partial charge in [-0.05, 0) is 48.7 Å². The van der Waals surface area contributed by atoms with E-state index < -0.39 is 6.10 Å². The summed E-state index contributed by atoms with van der Waals surface area (Å²) >= 11 is 0. The second-order valence-corrected chi connectivity index (χ2v) is 7.19. The smallest absolute Gasteiger partial charge is 0.262 e. The predicted molar refractivity (Wildman–Crippen MR) is 105 cm³/mol. The number of aliphatic hydroxyl groups excluding tert-OH is 1. The standard InChI is InChI=1S/C21H23N3O3/c1-12-7-17(13(2)25)19-18(8-12)20(26)23(3)21(22-19)24-10-14-5-6-16(27-4)9-15(14)11-24/h5-9,13,25H,10-11H2,1-4H3. The number of aromatic nitrogens is 2. The molecule has 1 atom stereocenters. The van der Waals surface area contributed by atoms with Gasteiger partial charge in [0.05, 0.1) is 24.1 Å². The Labute approximate surface area is 157 Å². The summed E-state index contributed by atoms with van der Waals surface area (Å²) in [6, 6.07) is 9.76. The van der Waals surface area contributed by atoms with Crippen LogP contribution < -0.4 is 15.2 Å². The molecule has 2 heterocycles. The summed E-state index contributed by atoms with van der Waals surface area (Å²) < 4.78 is 6.91. The third-order valence-corrected chi connectivity index (χ3v) is 5.20. The maximum absolute atomic E-state index is 13.0. The summed E-state index contributed by atoms with van der Waals surface area (Å²) in [7, 11) is 3.40. The average Bonchev–Trinajstić information content (AvgIpc) is 3.07. The topological polar surface area (TPSA) is 67.6 Å². The number of methoxy groups -OCH3 is 1. The number of aryl methyl sites for hydroxylation is 1. The minimum atomic E-state index is -0.695. The molecule has 1 unspecified atom stereocenters. The van der Waals surface area contributed by atoms with E-state index in [0.29, 0.717) is 35.5 Å². The van der Waals surface area contributed by atoms with E-state index in [4.69, 9.17) is 9.72 Å². The van der Waals surface area contributed by atoms with Gasteiger partial charge in [-0.2, -0.15) is 0 Å². The van der Waals surface area contributed by atoms with Crippen molar-refractivity contribution >= 4 is 16.9 Å². The van der Waals surface area contributed by atoms with Crippen LogP contribution in [0.25, 0.3) is 10.9 Å². The zero-order valence-electron chi connectivity index (χ0n) is 16.0. The van der Waals surface area contributed by atoms with E-state index in [1.165, 1.54) is 11.1 Å². The molecule has 0 radical (unpaired) electrons. The van der Waals surface area contributed by atoms with Crippen LogP contribution in [0.2, 0.25) is 0 Å². The summed E-state index contributed by atoms with van der Waals surface area (Å²) in [6.45, 7) is 4.96. The normalized spacial score (nSPS) is 14.5. The highest BCUT2D eigenvalue weighted by Gasteiger charge is 2.24. The molecule has 0 saturated carbocycles. The molecular weight excluding hydrogens is 342 g/mol. The highest BCUT2D eigenvalue weighted by molar-refractivity contribution is 5.83. The molecule has 0 amide bonds. The van der Waals surface area contributed by atoms with Crippen LogP contribution in [0.5, 0.6) is 5.75 Å². The van der Waals surface area contributed by atoms with Gasteiger partial charge < -0.3 is 14.7 Å². The first-order valence-corrected chi connectivity index (χ1v) is 8.99. The third kappa shape index (κ3) is 2.86. The van der Waals surface area contributed by atoms with Gasteiger partial charge in [-0.15, -0.1) is 0 Å². The van der Waals surface area contributed by atoms with Gasteiger partial charge in [-0.3, -0.25) is 9.36 Å². The van der Waals surface area contributed by atoms with Crippen LogP contribution in [-0.4, -0.2) is 21.8 Å². The van der Waals surface area contributed by atoms with Gasteiger partial charge in [0.2, 0.25) is 5.95 Å². The molecule has 0 aliphatic carbocycles. The van der Waals surface area contributed by atoms with Crippen LogP contribution in [0, 0.1) is 6.92 Å². The van der Waals surface area contributed by atoms with Crippen molar-refractivity contribution in [3.8, 4) is 5.75 Å². The van der Waals surface area contributed by atoms with Crippen molar-refractivity contribution < 1.29 is 9.84 Å². The maximum atomic E-state index is 13.0. The first-order valence-electron chi connectivity index (χ1n) is 8.99. The van der Waals surface area contributed by atoms with Gasteiger partial charge in [0.1, 0.15) is 5.75 Å². The average molecular weight is 365 g/mol.